The molecule has 0 saturated carbocycles. The molecule has 1 aliphatic rings. The average Bonchev–Trinajstić information content (AvgIpc) is 2.59. The topological polar surface area (TPSA) is 80.3 Å². The van der Waals surface area contributed by atoms with Crippen LogP contribution in [0.25, 0.3) is 0 Å². The van der Waals surface area contributed by atoms with Gasteiger partial charge in [-0.15, -0.1) is 0 Å². The third-order valence-corrected chi connectivity index (χ3v) is 2.26. The van der Waals surface area contributed by atoms with E-state index in [1.807, 2.05) is 10.9 Å². The van der Waals surface area contributed by atoms with Crippen LogP contribution in [-0.4, -0.2) is 15.7 Å². The van der Waals surface area contributed by atoms with Crippen LogP contribution in [0.4, 0.5) is 5.82 Å². The summed E-state index contributed by atoms with van der Waals surface area (Å²) in [5, 5.41) is 7.47. The van der Waals surface area contributed by atoms with Crippen LogP contribution in [0.2, 0.25) is 0 Å². The van der Waals surface area contributed by atoms with Crippen molar-refractivity contribution in [2.45, 2.75) is 32.9 Å². The van der Waals surface area contributed by atoms with E-state index in [4.69, 9.17) is 5.84 Å². The molecule has 2 rings (SSSR count). The molecule has 1 aromatic rings. The summed E-state index contributed by atoms with van der Waals surface area (Å²) in [4.78, 5) is 4.20. The van der Waals surface area contributed by atoms with Gasteiger partial charge in [-0.2, -0.15) is 5.10 Å². The summed E-state index contributed by atoms with van der Waals surface area (Å²) >= 11 is 0. The number of hydrazine groups is 1. The maximum Gasteiger partial charge on any atom is 0.211 e. The van der Waals surface area contributed by atoms with Gasteiger partial charge in [0.15, 0.2) is 0 Å². The van der Waals surface area contributed by atoms with E-state index in [0.717, 1.165) is 11.4 Å². The van der Waals surface area contributed by atoms with Crippen molar-refractivity contribution in [1.29, 1.82) is 0 Å². The molecular formula is C9H16N6. The maximum absolute atomic E-state index is 5.32. The Hall–Kier alpha value is -1.56. The van der Waals surface area contributed by atoms with Gasteiger partial charge in [0, 0.05) is 5.56 Å². The number of nitrogens with two attached hydrogens (primary N) is 1. The van der Waals surface area contributed by atoms with Gasteiger partial charge in [0.05, 0.1) is 18.3 Å². The largest absolute Gasteiger partial charge is 0.310 e. The third kappa shape index (κ3) is 1.68. The second-order valence-corrected chi connectivity index (χ2v) is 4.54. The fourth-order valence-corrected chi connectivity index (χ4v) is 1.54. The number of aromatic nitrogens is 2. The van der Waals surface area contributed by atoms with Crippen LogP contribution in [0.5, 0.6) is 0 Å². The Morgan fingerprint density at radius 2 is 2.27 bits per heavy atom. The van der Waals surface area contributed by atoms with Crippen LogP contribution in [0, 0.1) is 0 Å². The van der Waals surface area contributed by atoms with Gasteiger partial charge in [-0.1, -0.05) is 0 Å². The molecule has 6 nitrogen and oxygen atoms in total. The molecule has 6 heteroatoms. The van der Waals surface area contributed by atoms with Gasteiger partial charge in [0.1, 0.15) is 5.82 Å². The second-order valence-electron chi connectivity index (χ2n) is 4.54. The number of hydrogen-bond acceptors (Lipinski definition) is 5. The van der Waals surface area contributed by atoms with E-state index in [-0.39, 0.29) is 5.54 Å². The number of hydrogen-bond donors (Lipinski definition) is 3. The average molecular weight is 208 g/mol. The molecule has 0 aromatic carbocycles. The first-order chi connectivity index (χ1) is 7.02. The number of rotatable bonds is 0. The normalized spacial score (nSPS) is 15.3. The highest BCUT2D eigenvalue weighted by Crippen LogP contribution is 2.25. The first-order valence-electron chi connectivity index (χ1n) is 4.88. The molecule has 0 atom stereocenters. The molecule has 0 fully saturated rings. The van der Waals surface area contributed by atoms with Gasteiger partial charge in [0.25, 0.3) is 0 Å². The number of nitrogens with zero attached hydrogens (tertiary/aromatic N) is 3. The quantitative estimate of drug-likeness (QED) is 0.425. The molecule has 2 heterocycles. The zero-order valence-corrected chi connectivity index (χ0v) is 9.20. The van der Waals surface area contributed by atoms with Crippen molar-refractivity contribution in [3.8, 4) is 0 Å². The molecular weight excluding hydrogens is 192 g/mol. The smallest absolute Gasteiger partial charge is 0.211 e. The van der Waals surface area contributed by atoms with Crippen molar-refractivity contribution >= 4 is 11.8 Å². The molecule has 0 bridgehead atoms. The summed E-state index contributed by atoms with van der Waals surface area (Å²) in [7, 11) is 0. The van der Waals surface area contributed by atoms with Crippen molar-refractivity contribution in [3.63, 3.8) is 0 Å². The zero-order chi connectivity index (χ0) is 11.1. The number of anilines is 1. The Labute approximate surface area is 88.5 Å². The highest BCUT2D eigenvalue weighted by Gasteiger charge is 2.23. The summed E-state index contributed by atoms with van der Waals surface area (Å²) in [5.74, 6) is 6.86. The van der Waals surface area contributed by atoms with Crippen molar-refractivity contribution in [2.24, 2.45) is 10.8 Å². The van der Waals surface area contributed by atoms with Crippen LogP contribution >= 0.6 is 0 Å². The van der Waals surface area contributed by atoms with E-state index in [0.29, 0.717) is 12.5 Å². The summed E-state index contributed by atoms with van der Waals surface area (Å²) < 4.78 is 1.94. The van der Waals surface area contributed by atoms with E-state index in [2.05, 4.69) is 41.6 Å². The molecule has 0 aliphatic carbocycles. The van der Waals surface area contributed by atoms with Crippen LogP contribution in [0.15, 0.2) is 11.2 Å². The van der Waals surface area contributed by atoms with E-state index in [1.165, 1.54) is 0 Å². The monoisotopic (exact) mass is 208 g/mol. The molecule has 15 heavy (non-hydrogen) atoms. The Morgan fingerprint density at radius 1 is 1.53 bits per heavy atom. The molecule has 0 radical (unpaired) electrons. The van der Waals surface area contributed by atoms with E-state index in [9.17, 15) is 0 Å². The second kappa shape index (κ2) is 3.23. The van der Waals surface area contributed by atoms with Gasteiger partial charge in [-0.25, -0.2) is 15.5 Å². The SMILES string of the molecule is CC(C)(C)n1ncc2c1NC(NN)=NC2. The van der Waals surface area contributed by atoms with Crippen LogP contribution in [0.3, 0.4) is 0 Å². The molecule has 1 aliphatic heterocycles. The van der Waals surface area contributed by atoms with Gasteiger partial charge < -0.3 is 5.32 Å². The first-order valence-corrected chi connectivity index (χ1v) is 4.88. The summed E-state index contributed by atoms with van der Waals surface area (Å²) in [6.07, 6.45) is 1.84. The third-order valence-electron chi connectivity index (χ3n) is 2.26. The van der Waals surface area contributed by atoms with E-state index < -0.39 is 0 Å². The van der Waals surface area contributed by atoms with Crippen molar-refractivity contribution in [3.05, 3.63) is 11.8 Å². The predicted molar refractivity (Wildman–Crippen MR) is 59.3 cm³/mol. The van der Waals surface area contributed by atoms with Crippen molar-refractivity contribution in [1.82, 2.24) is 15.2 Å². The molecule has 82 valence electrons. The minimum Gasteiger partial charge on any atom is -0.310 e. The minimum atomic E-state index is -0.0579. The first kappa shape index (κ1) is 9.97. The molecule has 1 aromatic heterocycles. The Kier molecular flexibility index (Phi) is 2.15. The minimum absolute atomic E-state index is 0.0579. The lowest BCUT2D eigenvalue weighted by atomic mass is 10.1. The Bertz CT molecular complexity index is 397. The van der Waals surface area contributed by atoms with Crippen molar-refractivity contribution in [2.75, 3.05) is 5.32 Å². The fraction of sp³-hybridized carbons (Fsp3) is 0.556. The molecule has 0 amide bonds. The van der Waals surface area contributed by atoms with Crippen LogP contribution < -0.4 is 16.6 Å². The van der Waals surface area contributed by atoms with Gasteiger partial charge in [0.2, 0.25) is 5.96 Å². The maximum atomic E-state index is 5.32. The highest BCUT2D eigenvalue weighted by atomic mass is 15.4. The molecule has 0 saturated heterocycles. The fourth-order valence-electron chi connectivity index (χ4n) is 1.54. The number of aliphatic imine (C=N–C) groups is 1. The summed E-state index contributed by atoms with van der Waals surface area (Å²) in [6.45, 7) is 6.91. The summed E-state index contributed by atoms with van der Waals surface area (Å²) in [5.41, 5.74) is 3.54. The molecule has 0 spiro atoms. The number of nitrogens with one attached hydrogen (secondary N) is 2. The standard InChI is InChI=1S/C9H16N6/c1-9(2,3)15-7-6(5-12-15)4-11-8(13-7)14-10/h5H,4,10H2,1-3H3,(H2,11,13,14). The number of guanidine groups is 1. The number of fused-ring (bicyclic) bond motifs is 1. The van der Waals surface area contributed by atoms with Gasteiger partial charge >= 0.3 is 0 Å². The van der Waals surface area contributed by atoms with E-state index in [1.54, 1.807) is 0 Å². The molecule has 0 unspecified atom stereocenters. The van der Waals surface area contributed by atoms with E-state index >= 15 is 0 Å². The summed E-state index contributed by atoms with van der Waals surface area (Å²) in [6, 6.07) is 0. The predicted octanol–water partition coefficient (Wildman–Crippen LogP) is 0.383. The lowest BCUT2D eigenvalue weighted by Crippen LogP contribution is -2.39. The molecule has 4 N–H and O–H groups in total. The lowest BCUT2D eigenvalue weighted by molar-refractivity contribution is 0.361. The van der Waals surface area contributed by atoms with Crippen molar-refractivity contribution < 1.29 is 0 Å². The van der Waals surface area contributed by atoms with Crippen LogP contribution in [-0.2, 0) is 12.1 Å². The highest BCUT2D eigenvalue weighted by molar-refractivity contribution is 5.94. The van der Waals surface area contributed by atoms with Gasteiger partial charge in [-0.05, 0) is 20.8 Å². The lowest BCUT2D eigenvalue weighted by Gasteiger charge is -2.24. The zero-order valence-electron chi connectivity index (χ0n) is 9.20. The van der Waals surface area contributed by atoms with Crippen LogP contribution in [0.1, 0.15) is 26.3 Å². The van der Waals surface area contributed by atoms with Gasteiger partial charge in [-0.3, -0.25) is 5.43 Å². The Balaban J connectivity index is 2.38. The Morgan fingerprint density at radius 3 is 2.87 bits per heavy atom.